The number of hydrogen-bond acceptors (Lipinski definition) is 4. The second-order valence-electron chi connectivity index (χ2n) is 4.92. The van der Waals surface area contributed by atoms with Gasteiger partial charge in [-0.25, -0.2) is 5.01 Å². The molecular formula is C16H8BrCl3N2OS2. The van der Waals surface area contributed by atoms with Crippen LogP contribution in [0, 0.1) is 0 Å². The summed E-state index contributed by atoms with van der Waals surface area (Å²) >= 11 is 28.1. The fourth-order valence-electron chi connectivity index (χ4n) is 2.04. The summed E-state index contributed by atoms with van der Waals surface area (Å²) in [6.45, 7) is 0. The molecule has 1 amide bonds. The number of thioether (sulfide) groups is 1. The normalized spacial score (nSPS) is 16.0. The summed E-state index contributed by atoms with van der Waals surface area (Å²) in [4.78, 5) is 13.1. The number of hydrogen-bond donors (Lipinski definition) is 1. The van der Waals surface area contributed by atoms with Crippen molar-refractivity contribution in [2.24, 2.45) is 0 Å². The number of halogens is 4. The van der Waals surface area contributed by atoms with E-state index in [1.807, 2.05) is 24.3 Å². The van der Waals surface area contributed by atoms with Crippen LogP contribution in [-0.2, 0) is 4.79 Å². The van der Waals surface area contributed by atoms with Crippen molar-refractivity contribution in [3.05, 3.63) is 66.4 Å². The molecule has 1 fully saturated rings. The molecule has 2 aromatic carbocycles. The quantitative estimate of drug-likeness (QED) is 0.383. The topological polar surface area (TPSA) is 32.3 Å². The van der Waals surface area contributed by atoms with E-state index in [4.69, 9.17) is 47.0 Å². The van der Waals surface area contributed by atoms with Crippen LogP contribution in [0.3, 0.4) is 0 Å². The molecule has 0 aliphatic carbocycles. The van der Waals surface area contributed by atoms with Gasteiger partial charge in [-0.3, -0.25) is 10.2 Å². The molecule has 2 aromatic rings. The maximum absolute atomic E-state index is 12.6. The van der Waals surface area contributed by atoms with Crippen molar-refractivity contribution in [2.45, 2.75) is 0 Å². The number of thiocarbonyl (C=S) groups is 1. The molecule has 3 rings (SSSR count). The molecule has 0 atom stereocenters. The Morgan fingerprint density at radius 2 is 1.72 bits per heavy atom. The average molecular weight is 495 g/mol. The second kappa shape index (κ2) is 7.86. The maximum atomic E-state index is 12.6. The van der Waals surface area contributed by atoms with Gasteiger partial charge < -0.3 is 0 Å². The highest BCUT2D eigenvalue weighted by molar-refractivity contribution is 9.10. The molecule has 1 aliphatic heterocycles. The number of hydrazine groups is 1. The van der Waals surface area contributed by atoms with E-state index in [1.54, 1.807) is 6.08 Å². The van der Waals surface area contributed by atoms with Crippen molar-refractivity contribution in [3.63, 3.8) is 0 Å². The Balaban J connectivity index is 1.86. The van der Waals surface area contributed by atoms with E-state index in [1.165, 1.54) is 28.9 Å². The third-order valence-corrected chi connectivity index (χ3v) is 5.84. The van der Waals surface area contributed by atoms with Crippen LogP contribution in [0.25, 0.3) is 6.08 Å². The van der Waals surface area contributed by atoms with Gasteiger partial charge in [0.15, 0.2) is 4.32 Å². The molecular weight excluding hydrogens is 487 g/mol. The Bertz CT molecular complexity index is 880. The van der Waals surface area contributed by atoms with Gasteiger partial charge in [0.05, 0.1) is 20.6 Å². The minimum Gasteiger partial charge on any atom is -0.287 e. The molecule has 3 nitrogen and oxygen atoms in total. The molecule has 9 heteroatoms. The van der Waals surface area contributed by atoms with Crippen LogP contribution in [-0.4, -0.2) is 15.2 Å². The van der Waals surface area contributed by atoms with Gasteiger partial charge in [0, 0.05) is 9.50 Å². The van der Waals surface area contributed by atoms with Crippen LogP contribution in [0.1, 0.15) is 5.56 Å². The largest absolute Gasteiger partial charge is 0.287 e. The zero-order chi connectivity index (χ0) is 18.1. The summed E-state index contributed by atoms with van der Waals surface area (Å²) in [5.41, 5.74) is 4.14. The number of carbonyl (C=O) groups excluding carboxylic acids is 1. The Labute approximate surface area is 177 Å². The lowest BCUT2D eigenvalue weighted by Gasteiger charge is -2.19. The van der Waals surface area contributed by atoms with Gasteiger partial charge in [-0.2, -0.15) is 0 Å². The Kier molecular flexibility index (Phi) is 5.98. The Morgan fingerprint density at radius 1 is 1.12 bits per heavy atom. The molecule has 0 saturated carbocycles. The summed E-state index contributed by atoms with van der Waals surface area (Å²) in [5.74, 6) is -0.278. The fourth-order valence-corrected chi connectivity index (χ4v) is 4.38. The molecule has 0 spiro atoms. The Morgan fingerprint density at radius 3 is 2.32 bits per heavy atom. The molecule has 1 aliphatic rings. The predicted octanol–water partition coefficient (Wildman–Crippen LogP) is 6.64. The SMILES string of the molecule is O=C1/C(=C\c2ccc(Br)cc2)SC(=S)N1Nc1c(Cl)cc(Cl)cc1Cl. The monoisotopic (exact) mass is 492 g/mol. The minimum absolute atomic E-state index is 0.278. The average Bonchev–Trinajstić information content (AvgIpc) is 2.80. The van der Waals surface area contributed by atoms with Crippen LogP contribution in [0.4, 0.5) is 5.69 Å². The number of nitrogens with one attached hydrogen (secondary N) is 1. The van der Waals surface area contributed by atoms with Crippen molar-refractivity contribution in [1.29, 1.82) is 0 Å². The van der Waals surface area contributed by atoms with Gasteiger partial charge in [0.25, 0.3) is 5.91 Å². The van der Waals surface area contributed by atoms with Gasteiger partial charge in [-0.05, 0) is 48.1 Å². The first-order chi connectivity index (χ1) is 11.8. The number of amides is 1. The van der Waals surface area contributed by atoms with Crippen LogP contribution in [0.2, 0.25) is 15.1 Å². The maximum Gasteiger partial charge on any atom is 0.285 e. The first-order valence-electron chi connectivity index (χ1n) is 6.80. The first-order valence-corrected chi connectivity index (χ1v) is 9.95. The highest BCUT2D eigenvalue weighted by Crippen LogP contribution is 2.37. The molecule has 25 heavy (non-hydrogen) atoms. The molecule has 1 saturated heterocycles. The molecule has 1 N–H and O–H groups in total. The number of benzene rings is 2. The lowest BCUT2D eigenvalue weighted by atomic mass is 10.2. The van der Waals surface area contributed by atoms with Crippen LogP contribution in [0.15, 0.2) is 45.8 Å². The summed E-state index contributed by atoms with van der Waals surface area (Å²) < 4.78 is 1.32. The molecule has 0 radical (unpaired) electrons. The summed E-state index contributed by atoms with van der Waals surface area (Å²) in [6.07, 6.45) is 1.78. The van der Waals surface area contributed by atoms with Crippen molar-refractivity contribution in [1.82, 2.24) is 5.01 Å². The van der Waals surface area contributed by atoms with Crippen molar-refractivity contribution >= 4 is 96.7 Å². The van der Waals surface area contributed by atoms with Crippen LogP contribution in [0.5, 0.6) is 0 Å². The highest BCUT2D eigenvalue weighted by Gasteiger charge is 2.33. The predicted molar refractivity (Wildman–Crippen MR) is 114 cm³/mol. The lowest BCUT2D eigenvalue weighted by Crippen LogP contribution is -2.34. The molecule has 0 bridgehead atoms. The molecule has 128 valence electrons. The van der Waals surface area contributed by atoms with E-state index in [-0.39, 0.29) is 5.91 Å². The highest BCUT2D eigenvalue weighted by atomic mass is 79.9. The van der Waals surface area contributed by atoms with E-state index in [2.05, 4.69) is 21.4 Å². The zero-order valence-electron chi connectivity index (χ0n) is 12.2. The third kappa shape index (κ3) is 4.32. The molecule has 0 aromatic heterocycles. The van der Waals surface area contributed by atoms with Gasteiger partial charge in [-0.15, -0.1) is 0 Å². The van der Waals surface area contributed by atoms with Crippen molar-refractivity contribution in [3.8, 4) is 0 Å². The van der Waals surface area contributed by atoms with E-state index in [0.29, 0.717) is 30.0 Å². The minimum atomic E-state index is -0.278. The fraction of sp³-hybridized carbons (Fsp3) is 0. The van der Waals surface area contributed by atoms with E-state index >= 15 is 0 Å². The summed E-state index contributed by atoms with van der Waals surface area (Å²) in [5, 5.41) is 2.24. The number of anilines is 1. The standard InChI is InChI=1S/C16H8BrCl3N2OS2/c17-9-3-1-8(2-4-9)5-13-15(23)22(16(24)25-13)21-14-11(19)6-10(18)7-12(14)20/h1-7,21H/b13-5+. The smallest absolute Gasteiger partial charge is 0.285 e. The lowest BCUT2D eigenvalue weighted by molar-refractivity contribution is -0.121. The number of carbonyl (C=O) groups is 1. The zero-order valence-corrected chi connectivity index (χ0v) is 17.7. The molecule has 0 unspecified atom stereocenters. The third-order valence-electron chi connectivity index (χ3n) is 3.19. The summed E-state index contributed by atoms with van der Waals surface area (Å²) in [7, 11) is 0. The number of rotatable bonds is 3. The molecule has 1 heterocycles. The van der Waals surface area contributed by atoms with E-state index < -0.39 is 0 Å². The van der Waals surface area contributed by atoms with Crippen LogP contribution < -0.4 is 5.43 Å². The van der Waals surface area contributed by atoms with Gasteiger partial charge >= 0.3 is 0 Å². The van der Waals surface area contributed by atoms with E-state index in [9.17, 15) is 4.79 Å². The van der Waals surface area contributed by atoms with Gasteiger partial charge in [0.1, 0.15) is 0 Å². The summed E-state index contributed by atoms with van der Waals surface area (Å²) in [6, 6.07) is 10.7. The van der Waals surface area contributed by atoms with Gasteiger partial charge in [-0.1, -0.05) is 74.6 Å². The van der Waals surface area contributed by atoms with Crippen LogP contribution >= 0.6 is 74.7 Å². The van der Waals surface area contributed by atoms with Crippen molar-refractivity contribution < 1.29 is 4.79 Å². The Hall–Kier alpha value is -0.760. The van der Waals surface area contributed by atoms with E-state index in [0.717, 1.165) is 10.0 Å². The second-order valence-corrected chi connectivity index (χ2v) is 8.77. The van der Waals surface area contributed by atoms with Crippen molar-refractivity contribution in [2.75, 3.05) is 5.43 Å². The number of nitrogens with zero attached hydrogens (tertiary/aromatic N) is 1. The van der Waals surface area contributed by atoms with Gasteiger partial charge in [0.2, 0.25) is 0 Å². The first kappa shape index (κ1) is 19.0.